The molecule has 1 saturated heterocycles. The van der Waals surface area contributed by atoms with E-state index in [-0.39, 0.29) is 6.61 Å². The maximum atomic E-state index is 12.6. The van der Waals surface area contributed by atoms with Crippen molar-refractivity contribution in [2.45, 2.75) is 37.6 Å². The van der Waals surface area contributed by atoms with Gasteiger partial charge < -0.3 is 9.47 Å². The average Bonchev–Trinajstić information content (AvgIpc) is 2.82. The van der Waals surface area contributed by atoms with Crippen LogP contribution >= 0.6 is 0 Å². The summed E-state index contributed by atoms with van der Waals surface area (Å²) < 4.78 is 47.0. The minimum absolute atomic E-state index is 0.383. The van der Waals surface area contributed by atoms with Gasteiger partial charge in [-0.1, -0.05) is 6.58 Å². The minimum atomic E-state index is -4.44. The number of carbonyl (C=O) groups excluding carboxylic acids is 1. The number of hydrogen-bond donors (Lipinski definition) is 0. The van der Waals surface area contributed by atoms with Crippen LogP contribution in [0.4, 0.5) is 13.2 Å². The average molecular weight is 238 g/mol. The van der Waals surface area contributed by atoms with E-state index in [0.29, 0.717) is 0 Å². The monoisotopic (exact) mass is 238 g/mol. The summed E-state index contributed by atoms with van der Waals surface area (Å²) in [6, 6.07) is 0. The molecule has 0 amide bonds. The Hall–Kier alpha value is -1.04. The highest BCUT2D eigenvalue weighted by molar-refractivity contribution is 5.81. The molecule has 0 N–H and O–H groups in total. The first kappa shape index (κ1) is 13.0. The van der Waals surface area contributed by atoms with Gasteiger partial charge in [0.25, 0.3) is 0 Å². The molecule has 1 unspecified atom stereocenters. The number of ether oxygens (including phenoxy) is 2. The van der Waals surface area contributed by atoms with Crippen molar-refractivity contribution in [2.75, 3.05) is 6.61 Å². The first-order valence-corrected chi connectivity index (χ1v) is 4.68. The van der Waals surface area contributed by atoms with Gasteiger partial charge in [0.15, 0.2) is 5.60 Å². The van der Waals surface area contributed by atoms with E-state index in [9.17, 15) is 18.0 Å². The molecule has 6 heteroatoms. The lowest BCUT2D eigenvalue weighted by Crippen LogP contribution is -2.41. The zero-order valence-corrected chi connectivity index (χ0v) is 9.06. The van der Waals surface area contributed by atoms with Crippen molar-refractivity contribution in [3.8, 4) is 0 Å². The third kappa shape index (κ3) is 2.75. The van der Waals surface area contributed by atoms with Gasteiger partial charge in [-0.25, -0.2) is 4.79 Å². The van der Waals surface area contributed by atoms with Gasteiger partial charge in [-0.3, -0.25) is 0 Å². The van der Waals surface area contributed by atoms with Gasteiger partial charge in [-0.05, 0) is 13.8 Å². The summed E-state index contributed by atoms with van der Waals surface area (Å²) in [5.41, 5.74) is -3.39. The molecule has 3 nitrogen and oxygen atoms in total. The van der Waals surface area contributed by atoms with Crippen LogP contribution in [0.3, 0.4) is 0 Å². The number of hydrogen-bond acceptors (Lipinski definition) is 3. The Bertz CT molecular complexity index is 303. The molecule has 0 radical (unpaired) electrons. The topological polar surface area (TPSA) is 38.8 Å². The molecule has 0 aromatic rings. The van der Waals surface area contributed by atoms with Crippen molar-refractivity contribution in [3.63, 3.8) is 0 Å². The normalized spacial score (nSPS) is 25.1. The molecular weight excluding hydrogens is 225 g/mol. The lowest BCUT2D eigenvalue weighted by Gasteiger charge is -2.28. The smallest absolute Gasteiger partial charge is 0.419 e. The Morgan fingerprint density at radius 3 is 2.38 bits per heavy atom. The third-order valence-electron chi connectivity index (χ3n) is 2.26. The fraction of sp³-hybridized carbons (Fsp3) is 0.700. The van der Waals surface area contributed by atoms with Crippen molar-refractivity contribution in [3.05, 3.63) is 12.7 Å². The number of rotatable bonds is 4. The van der Waals surface area contributed by atoms with Crippen LogP contribution in [0.5, 0.6) is 0 Å². The lowest BCUT2D eigenvalue weighted by molar-refractivity contribution is -0.200. The molecule has 92 valence electrons. The van der Waals surface area contributed by atoms with Gasteiger partial charge in [0.05, 0.1) is 6.61 Å². The molecule has 1 aliphatic rings. The summed E-state index contributed by atoms with van der Waals surface area (Å²) in [5.74, 6) is -0.747. The summed E-state index contributed by atoms with van der Waals surface area (Å²) in [6.07, 6.45) is -3.94. The van der Waals surface area contributed by atoms with E-state index in [1.807, 2.05) is 0 Å². The van der Waals surface area contributed by atoms with Crippen molar-refractivity contribution < 1.29 is 27.4 Å². The van der Waals surface area contributed by atoms with E-state index in [0.717, 1.165) is 6.08 Å². The van der Waals surface area contributed by atoms with Crippen molar-refractivity contribution in [1.82, 2.24) is 0 Å². The van der Waals surface area contributed by atoms with Crippen molar-refractivity contribution in [2.24, 2.45) is 0 Å². The molecule has 0 bridgehead atoms. The van der Waals surface area contributed by atoms with Gasteiger partial charge in [0, 0.05) is 12.5 Å². The number of esters is 1. The van der Waals surface area contributed by atoms with E-state index in [2.05, 4.69) is 11.3 Å². The highest BCUT2D eigenvalue weighted by atomic mass is 19.4. The number of alkyl halides is 3. The third-order valence-corrected chi connectivity index (χ3v) is 2.26. The number of halogens is 3. The molecular formula is C10H13F3O3. The van der Waals surface area contributed by atoms with Gasteiger partial charge in [0.1, 0.15) is 5.60 Å². The van der Waals surface area contributed by atoms with Crippen LogP contribution in [0, 0.1) is 0 Å². The molecule has 0 spiro atoms. The lowest BCUT2D eigenvalue weighted by atomic mass is 9.93. The van der Waals surface area contributed by atoms with Gasteiger partial charge >= 0.3 is 12.1 Å². The molecule has 0 saturated carbocycles. The van der Waals surface area contributed by atoms with E-state index in [1.54, 1.807) is 0 Å². The van der Waals surface area contributed by atoms with Crippen LogP contribution in [-0.2, 0) is 14.3 Å². The molecule has 0 aromatic carbocycles. The zero-order chi connectivity index (χ0) is 12.6. The summed E-state index contributed by atoms with van der Waals surface area (Å²) in [5, 5.41) is 0. The van der Waals surface area contributed by atoms with Crippen LogP contribution in [0.15, 0.2) is 12.7 Å². The number of carbonyl (C=O) groups is 1. The minimum Gasteiger partial charge on any atom is -0.456 e. The maximum absolute atomic E-state index is 12.6. The zero-order valence-electron chi connectivity index (χ0n) is 9.06. The number of epoxide rings is 1. The molecule has 1 rings (SSSR count). The Labute approximate surface area is 91.2 Å². The second-order valence-corrected chi connectivity index (χ2v) is 4.34. The van der Waals surface area contributed by atoms with E-state index >= 15 is 0 Å². The fourth-order valence-electron chi connectivity index (χ4n) is 1.49. The van der Waals surface area contributed by atoms with Crippen LogP contribution in [0.2, 0.25) is 0 Å². The van der Waals surface area contributed by atoms with Gasteiger partial charge in [-0.15, -0.1) is 0 Å². The highest BCUT2D eigenvalue weighted by Gasteiger charge is 2.67. The summed E-state index contributed by atoms with van der Waals surface area (Å²) in [4.78, 5) is 10.9. The van der Waals surface area contributed by atoms with Crippen molar-refractivity contribution >= 4 is 5.97 Å². The second kappa shape index (κ2) is 3.76. The molecule has 1 fully saturated rings. The Balaban J connectivity index is 2.66. The fourth-order valence-corrected chi connectivity index (χ4v) is 1.49. The Kier molecular flexibility index (Phi) is 3.06. The molecule has 16 heavy (non-hydrogen) atoms. The second-order valence-electron chi connectivity index (χ2n) is 4.34. The largest absolute Gasteiger partial charge is 0.456 e. The van der Waals surface area contributed by atoms with E-state index in [4.69, 9.17) is 4.74 Å². The Morgan fingerprint density at radius 1 is 1.56 bits per heavy atom. The molecule has 0 aromatic heterocycles. The summed E-state index contributed by atoms with van der Waals surface area (Å²) in [7, 11) is 0. The van der Waals surface area contributed by atoms with Gasteiger partial charge in [0.2, 0.25) is 0 Å². The predicted octanol–water partition coefficient (Wildman–Crippen LogP) is 2.22. The SMILES string of the molecule is C=CC(=O)OC(C)(C)CC1(C(F)(F)F)CO1. The molecule has 1 heterocycles. The predicted molar refractivity (Wildman–Crippen MR) is 49.7 cm³/mol. The molecule has 1 aliphatic heterocycles. The van der Waals surface area contributed by atoms with Crippen LogP contribution in [0.1, 0.15) is 20.3 Å². The maximum Gasteiger partial charge on any atom is 0.419 e. The molecule has 1 atom stereocenters. The first-order chi connectivity index (χ1) is 7.12. The Morgan fingerprint density at radius 2 is 2.06 bits per heavy atom. The standard InChI is InChI=1S/C10H13F3O3/c1-4-7(14)16-8(2,3)5-9(6-15-9)10(11,12)13/h4H,1,5-6H2,2-3H3. The van der Waals surface area contributed by atoms with E-state index < -0.39 is 29.8 Å². The van der Waals surface area contributed by atoms with Crippen LogP contribution < -0.4 is 0 Å². The van der Waals surface area contributed by atoms with Gasteiger partial charge in [-0.2, -0.15) is 13.2 Å². The van der Waals surface area contributed by atoms with Crippen LogP contribution in [-0.4, -0.2) is 30.0 Å². The highest BCUT2D eigenvalue weighted by Crippen LogP contribution is 2.49. The quantitative estimate of drug-likeness (QED) is 0.428. The first-order valence-electron chi connectivity index (χ1n) is 4.68. The summed E-state index contributed by atoms with van der Waals surface area (Å²) >= 11 is 0. The molecule has 0 aliphatic carbocycles. The summed E-state index contributed by atoms with van der Waals surface area (Å²) in [6.45, 7) is 5.61. The van der Waals surface area contributed by atoms with E-state index in [1.165, 1.54) is 13.8 Å². The van der Waals surface area contributed by atoms with Crippen LogP contribution in [0.25, 0.3) is 0 Å². The van der Waals surface area contributed by atoms with Crippen molar-refractivity contribution in [1.29, 1.82) is 0 Å².